The van der Waals surface area contributed by atoms with E-state index in [0.29, 0.717) is 23.8 Å². The van der Waals surface area contributed by atoms with Gasteiger partial charge in [-0.05, 0) is 51.0 Å². The third-order valence-electron chi connectivity index (χ3n) is 4.75. The van der Waals surface area contributed by atoms with Gasteiger partial charge in [0.1, 0.15) is 4.21 Å². The molecule has 0 radical (unpaired) electrons. The van der Waals surface area contributed by atoms with Gasteiger partial charge in [-0.25, -0.2) is 8.42 Å². The van der Waals surface area contributed by atoms with E-state index in [1.807, 2.05) is 0 Å². The number of thiophene rings is 1. The minimum absolute atomic E-state index is 0.0479. The molecule has 2 rings (SSSR count). The molecule has 0 aromatic carbocycles. The maximum Gasteiger partial charge on any atom is 0.252 e. The monoisotopic (exact) mass is 401 g/mol. The zero-order valence-electron chi connectivity index (χ0n) is 15.9. The highest BCUT2D eigenvalue weighted by Gasteiger charge is 2.27. The Bertz CT molecular complexity index is 663. The SMILES string of the molecule is CCN(CC)CCCNC(=O)Cc1ccc(S(=O)(=O)N2CCCCC2)s1. The lowest BCUT2D eigenvalue weighted by Gasteiger charge is -2.25. The molecule has 0 atom stereocenters. The van der Waals surface area contributed by atoms with Crippen molar-refractivity contribution in [2.24, 2.45) is 0 Å². The van der Waals surface area contributed by atoms with Crippen molar-refractivity contribution in [2.75, 3.05) is 39.3 Å². The first kappa shape index (κ1) is 21.3. The van der Waals surface area contributed by atoms with Gasteiger partial charge in [-0.2, -0.15) is 4.31 Å². The molecule has 1 saturated heterocycles. The summed E-state index contributed by atoms with van der Waals surface area (Å²) >= 11 is 1.21. The van der Waals surface area contributed by atoms with Crippen molar-refractivity contribution in [1.29, 1.82) is 0 Å². The maximum atomic E-state index is 12.6. The van der Waals surface area contributed by atoms with Gasteiger partial charge in [-0.15, -0.1) is 11.3 Å². The summed E-state index contributed by atoms with van der Waals surface area (Å²) in [7, 11) is -3.40. The summed E-state index contributed by atoms with van der Waals surface area (Å²) in [5.74, 6) is -0.0479. The van der Waals surface area contributed by atoms with Crippen molar-refractivity contribution in [3.8, 4) is 0 Å². The fourth-order valence-corrected chi connectivity index (χ4v) is 6.14. The first-order valence-electron chi connectivity index (χ1n) is 9.55. The van der Waals surface area contributed by atoms with E-state index < -0.39 is 10.0 Å². The molecule has 0 aliphatic carbocycles. The van der Waals surface area contributed by atoms with Crippen molar-refractivity contribution in [3.63, 3.8) is 0 Å². The minimum Gasteiger partial charge on any atom is -0.356 e. The van der Waals surface area contributed by atoms with E-state index in [1.165, 1.54) is 11.3 Å². The lowest BCUT2D eigenvalue weighted by molar-refractivity contribution is -0.120. The van der Waals surface area contributed by atoms with Gasteiger partial charge in [0, 0.05) is 24.5 Å². The second kappa shape index (κ2) is 10.4. The molecule has 26 heavy (non-hydrogen) atoms. The average molecular weight is 402 g/mol. The Kier molecular flexibility index (Phi) is 8.53. The molecular weight excluding hydrogens is 370 g/mol. The lowest BCUT2D eigenvalue weighted by atomic mass is 10.2. The molecule has 2 heterocycles. The number of hydrogen-bond acceptors (Lipinski definition) is 5. The number of sulfonamides is 1. The summed E-state index contributed by atoms with van der Waals surface area (Å²) in [6.45, 7) is 9.14. The molecule has 0 unspecified atom stereocenters. The van der Waals surface area contributed by atoms with E-state index in [9.17, 15) is 13.2 Å². The van der Waals surface area contributed by atoms with Crippen LogP contribution in [-0.4, -0.2) is 62.8 Å². The molecular formula is C18H31N3O3S2. The smallest absolute Gasteiger partial charge is 0.252 e. The predicted octanol–water partition coefficient (Wildman–Crippen LogP) is 2.31. The normalized spacial score (nSPS) is 16.1. The molecule has 148 valence electrons. The van der Waals surface area contributed by atoms with Crippen LogP contribution in [0.3, 0.4) is 0 Å². The van der Waals surface area contributed by atoms with Crippen LogP contribution in [0, 0.1) is 0 Å². The second-order valence-corrected chi connectivity index (χ2v) is 9.93. The zero-order valence-corrected chi connectivity index (χ0v) is 17.5. The Morgan fingerprint density at radius 2 is 1.88 bits per heavy atom. The first-order valence-corrected chi connectivity index (χ1v) is 11.8. The molecule has 0 spiro atoms. The summed E-state index contributed by atoms with van der Waals surface area (Å²) < 4.78 is 27.2. The van der Waals surface area contributed by atoms with Gasteiger partial charge in [-0.1, -0.05) is 20.3 Å². The molecule has 1 aliphatic rings. The molecule has 1 aromatic heterocycles. The van der Waals surface area contributed by atoms with Crippen molar-refractivity contribution >= 4 is 27.3 Å². The molecule has 1 aromatic rings. The van der Waals surface area contributed by atoms with Crippen LogP contribution in [-0.2, 0) is 21.2 Å². The number of piperidine rings is 1. The highest BCUT2D eigenvalue weighted by Crippen LogP contribution is 2.27. The summed E-state index contributed by atoms with van der Waals surface area (Å²) in [5.41, 5.74) is 0. The third-order valence-corrected chi connectivity index (χ3v) is 8.20. The first-order chi connectivity index (χ1) is 12.5. The second-order valence-electron chi connectivity index (χ2n) is 6.59. The van der Waals surface area contributed by atoms with Crippen LogP contribution in [0.5, 0.6) is 0 Å². The van der Waals surface area contributed by atoms with Crippen molar-refractivity contribution in [2.45, 2.75) is 50.2 Å². The van der Waals surface area contributed by atoms with E-state index in [0.717, 1.165) is 50.2 Å². The van der Waals surface area contributed by atoms with Gasteiger partial charge in [0.25, 0.3) is 10.0 Å². The van der Waals surface area contributed by atoms with Crippen LogP contribution >= 0.6 is 11.3 Å². The van der Waals surface area contributed by atoms with Gasteiger partial charge < -0.3 is 10.2 Å². The quantitative estimate of drug-likeness (QED) is 0.611. The predicted molar refractivity (Wildman–Crippen MR) is 106 cm³/mol. The summed E-state index contributed by atoms with van der Waals surface area (Å²) in [6.07, 6.45) is 4.11. The van der Waals surface area contributed by atoms with Crippen LogP contribution in [0.15, 0.2) is 16.3 Å². The number of amides is 1. The van der Waals surface area contributed by atoms with E-state index in [4.69, 9.17) is 0 Å². The molecule has 1 fully saturated rings. The molecule has 1 amide bonds. The van der Waals surface area contributed by atoms with Crippen LogP contribution in [0.25, 0.3) is 0 Å². The summed E-state index contributed by atoms with van der Waals surface area (Å²) in [5, 5.41) is 2.93. The van der Waals surface area contributed by atoms with E-state index in [-0.39, 0.29) is 12.3 Å². The Hall–Kier alpha value is -0.960. The van der Waals surface area contributed by atoms with Gasteiger partial charge in [0.05, 0.1) is 6.42 Å². The zero-order chi connectivity index (χ0) is 19.0. The summed E-state index contributed by atoms with van der Waals surface area (Å²) in [4.78, 5) is 15.2. The number of carbonyl (C=O) groups is 1. The average Bonchev–Trinajstić information content (AvgIpc) is 3.12. The van der Waals surface area contributed by atoms with Crippen LogP contribution in [0.4, 0.5) is 0 Å². The molecule has 1 N–H and O–H groups in total. The molecule has 1 aliphatic heterocycles. The number of carbonyl (C=O) groups excluding carboxylic acids is 1. The molecule has 6 nitrogen and oxygen atoms in total. The summed E-state index contributed by atoms with van der Waals surface area (Å²) in [6, 6.07) is 3.40. The van der Waals surface area contributed by atoms with Gasteiger partial charge in [-0.3, -0.25) is 4.79 Å². The molecule has 0 bridgehead atoms. The largest absolute Gasteiger partial charge is 0.356 e. The molecule has 0 saturated carbocycles. The van der Waals surface area contributed by atoms with E-state index in [2.05, 4.69) is 24.1 Å². The Balaban J connectivity index is 1.81. The van der Waals surface area contributed by atoms with Gasteiger partial charge in [0.15, 0.2) is 0 Å². The maximum absolute atomic E-state index is 12.6. The van der Waals surface area contributed by atoms with Crippen molar-refractivity contribution in [3.05, 3.63) is 17.0 Å². The minimum atomic E-state index is -3.40. The fourth-order valence-electron chi connectivity index (χ4n) is 3.12. The van der Waals surface area contributed by atoms with Crippen LogP contribution in [0.1, 0.15) is 44.4 Å². The topological polar surface area (TPSA) is 69.7 Å². The van der Waals surface area contributed by atoms with E-state index in [1.54, 1.807) is 16.4 Å². The van der Waals surface area contributed by atoms with Gasteiger partial charge >= 0.3 is 0 Å². The van der Waals surface area contributed by atoms with Crippen LogP contribution in [0.2, 0.25) is 0 Å². The number of nitrogens with zero attached hydrogens (tertiary/aromatic N) is 2. The Labute approximate surface area is 161 Å². The van der Waals surface area contributed by atoms with E-state index >= 15 is 0 Å². The Morgan fingerprint density at radius 3 is 2.54 bits per heavy atom. The third kappa shape index (κ3) is 6.04. The fraction of sp³-hybridized carbons (Fsp3) is 0.722. The number of nitrogens with one attached hydrogen (secondary N) is 1. The van der Waals surface area contributed by atoms with Crippen LogP contribution < -0.4 is 5.32 Å². The highest BCUT2D eigenvalue weighted by atomic mass is 32.2. The van der Waals surface area contributed by atoms with Crippen molar-refractivity contribution < 1.29 is 13.2 Å². The lowest BCUT2D eigenvalue weighted by Crippen LogP contribution is -2.35. The van der Waals surface area contributed by atoms with Gasteiger partial charge in [0.2, 0.25) is 5.91 Å². The van der Waals surface area contributed by atoms with Crippen molar-refractivity contribution in [1.82, 2.24) is 14.5 Å². The Morgan fingerprint density at radius 1 is 1.19 bits per heavy atom. The standard InChI is InChI=1S/C18H31N3O3S2/c1-3-20(4-2)12-8-11-19-17(22)15-16-9-10-18(25-16)26(23,24)21-13-6-5-7-14-21/h9-10H,3-8,11-15H2,1-2H3,(H,19,22). The molecule has 8 heteroatoms. The number of hydrogen-bond donors (Lipinski definition) is 1. The number of rotatable bonds is 10. The highest BCUT2D eigenvalue weighted by molar-refractivity contribution is 7.91.